The number of carbonyl (C=O) groups is 1. The fourth-order valence-electron chi connectivity index (χ4n) is 3.87. The summed E-state index contributed by atoms with van der Waals surface area (Å²) in [5.74, 6) is 0.263. The van der Waals surface area contributed by atoms with Gasteiger partial charge < -0.3 is 9.64 Å². The minimum absolute atomic E-state index is 0.0433. The molecule has 1 unspecified atom stereocenters. The van der Waals surface area contributed by atoms with Crippen LogP contribution < -0.4 is 0 Å². The highest BCUT2D eigenvalue weighted by Gasteiger charge is 2.44. The van der Waals surface area contributed by atoms with Crippen molar-refractivity contribution in [3.05, 3.63) is 12.2 Å². The normalized spacial score (nSPS) is 26.0. The number of ether oxygens (including phenoxy) is 1. The number of carbonyl (C=O) groups excluding carboxylic acids is 1. The largest absolute Gasteiger partial charge is 0.383 e. The molecular weight excluding hydrogens is 282 g/mol. The van der Waals surface area contributed by atoms with E-state index >= 15 is 0 Å². The minimum atomic E-state index is -0.0433. The molecule has 2 saturated heterocycles. The van der Waals surface area contributed by atoms with E-state index in [9.17, 15) is 4.79 Å². The Morgan fingerprint density at radius 2 is 2.14 bits per heavy atom. The second-order valence-corrected chi connectivity index (χ2v) is 6.38. The molecule has 0 radical (unpaired) electrons. The first kappa shape index (κ1) is 15.4. The zero-order chi connectivity index (χ0) is 15.6. The van der Waals surface area contributed by atoms with Crippen molar-refractivity contribution in [2.75, 3.05) is 39.9 Å². The van der Waals surface area contributed by atoms with Crippen molar-refractivity contribution in [3.8, 4) is 0 Å². The second-order valence-electron chi connectivity index (χ2n) is 6.38. The van der Waals surface area contributed by atoms with E-state index in [1.54, 1.807) is 25.2 Å². The topological polar surface area (TPSA) is 63.5 Å². The smallest absolute Gasteiger partial charge is 0.293 e. The van der Waals surface area contributed by atoms with Gasteiger partial charge in [-0.15, -0.1) is 5.10 Å². The van der Waals surface area contributed by atoms with Crippen molar-refractivity contribution in [3.63, 3.8) is 0 Å². The van der Waals surface area contributed by atoms with Crippen LogP contribution in [-0.2, 0) is 11.8 Å². The SMILES string of the molecule is COCCN1CCCC12CCCN(C(=O)c1ncn(C)n1)C2. The maximum absolute atomic E-state index is 12.6. The average molecular weight is 307 g/mol. The summed E-state index contributed by atoms with van der Waals surface area (Å²) in [5.41, 5.74) is 0.126. The van der Waals surface area contributed by atoms with Crippen LogP contribution in [0.1, 0.15) is 36.3 Å². The summed E-state index contributed by atoms with van der Waals surface area (Å²) in [6.07, 6.45) is 6.15. The van der Waals surface area contributed by atoms with Gasteiger partial charge in [0.2, 0.25) is 5.82 Å². The Balaban J connectivity index is 1.71. The fraction of sp³-hybridized carbons (Fsp3) is 0.800. The number of methoxy groups -OCH3 is 1. The van der Waals surface area contributed by atoms with Gasteiger partial charge in [0.25, 0.3) is 5.91 Å². The molecule has 0 saturated carbocycles. The number of rotatable bonds is 4. The predicted molar refractivity (Wildman–Crippen MR) is 81.6 cm³/mol. The number of likely N-dealkylation sites (tertiary alicyclic amines) is 2. The first-order valence-corrected chi connectivity index (χ1v) is 8.03. The molecule has 3 rings (SSSR count). The zero-order valence-electron chi connectivity index (χ0n) is 13.5. The number of amides is 1. The molecule has 0 N–H and O–H groups in total. The average Bonchev–Trinajstić information content (AvgIpc) is 3.11. The molecule has 1 aromatic heterocycles. The van der Waals surface area contributed by atoms with E-state index < -0.39 is 0 Å². The van der Waals surface area contributed by atoms with Crippen LogP contribution in [0.2, 0.25) is 0 Å². The summed E-state index contributed by atoms with van der Waals surface area (Å²) in [7, 11) is 3.52. The molecule has 1 spiro atoms. The maximum Gasteiger partial charge on any atom is 0.293 e. The zero-order valence-corrected chi connectivity index (χ0v) is 13.5. The summed E-state index contributed by atoms with van der Waals surface area (Å²) >= 11 is 0. The lowest BCUT2D eigenvalue weighted by atomic mass is 9.86. The highest BCUT2D eigenvalue weighted by molar-refractivity contribution is 5.90. The monoisotopic (exact) mass is 307 g/mol. The van der Waals surface area contributed by atoms with Crippen molar-refractivity contribution < 1.29 is 9.53 Å². The Bertz CT molecular complexity index is 532. The van der Waals surface area contributed by atoms with Crippen molar-refractivity contribution in [1.29, 1.82) is 0 Å². The Labute approximate surface area is 131 Å². The molecule has 1 atom stereocenters. The van der Waals surface area contributed by atoms with Gasteiger partial charge in [-0.05, 0) is 32.2 Å². The number of piperidine rings is 1. The molecule has 1 aromatic rings. The van der Waals surface area contributed by atoms with E-state index in [4.69, 9.17) is 4.74 Å². The summed E-state index contributed by atoms with van der Waals surface area (Å²) in [6, 6.07) is 0. The molecule has 22 heavy (non-hydrogen) atoms. The van der Waals surface area contributed by atoms with Crippen molar-refractivity contribution >= 4 is 5.91 Å². The van der Waals surface area contributed by atoms with Gasteiger partial charge in [0.1, 0.15) is 6.33 Å². The van der Waals surface area contributed by atoms with Gasteiger partial charge in [0.05, 0.1) is 6.61 Å². The predicted octanol–water partition coefficient (Wildman–Crippen LogP) is 0.532. The third-order valence-corrected chi connectivity index (χ3v) is 4.94. The Hall–Kier alpha value is -1.47. The van der Waals surface area contributed by atoms with Gasteiger partial charge in [0, 0.05) is 39.3 Å². The molecule has 2 fully saturated rings. The molecule has 7 heteroatoms. The quantitative estimate of drug-likeness (QED) is 0.812. The Kier molecular flexibility index (Phi) is 4.44. The van der Waals surface area contributed by atoms with Crippen LogP contribution in [0.25, 0.3) is 0 Å². The third-order valence-electron chi connectivity index (χ3n) is 4.94. The minimum Gasteiger partial charge on any atom is -0.383 e. The summed E-state index contributed by atoms with van der Waals surface area (Å²) in [4.78, 5) is 21.2. The lowest BCUT2D eigenvalue weighted by molar-refractivity contribution is 0.0224. The maximum atomic E-state index is 12.6. The van der Waals surface area contributed by atoms with Crippen LogP contribution in [0.4, 0.5) is 0 Å². The second kappa shape index (κ2) is 6.34. The van der Waals surface area contributed by atoms with Crippen molar-refractivity contribution in [2.24, 2.45) is 7.05 Å². The lowest BCUT2D eigenvalue weighted by Gasteiger charge is -2.45. The van der Waals surface area contributed by atoms with Gasteiger partial charge in [-0.2, -0.15) is 0 Å². The standard InChI is InChI=1S/C15H25N5O2/c1-18-12-16-13(17-18)14(21)19-7-3-5-15(11-19)6-4-8-20(15)9-10-22-2/h12H,3-11H2,1-2H3. The molecule has 0 aromatic carbocycles. The van der Waals surface area contributed by atoms with Gasteiger partial charge in [-0.3, -0.25) is 14.4 Å². The van der Waals surface area contributed by atoms with Crippen LogP contribution in [0.5, 0.6) is 0 Å². The molecule has 0 bridgehead atoms. The van der Waals surface area contributed by atoms with E-state index in [0.29, 0.717) is 5.82 Å². The van der Waals surface area contributed by atoms with Crippen LogP contribution in [0, 0.1) is 0 Å². The van der Waals surface area contributed by atoms with E-state index in [1.807, 2.05) is 4.90 Å². The number of aromatic nitrogens is 3. The van der Waals surface area contributed by atoms with Crippen LogP contribution in [-0.4, -0.2) is 75.9 Å². The van der Waals surface area contributed by atoms with E-state index in [2.05, 4.69) is 15.0 Å². The third kappa shape index (κ3) is 2.87. The van der Waals surface area contributed by atoms with Crippen LogP contribution in [0.3, 0.4) is 0 Å². The highest BCUT2D eigenvalue weighted by Crippen LogP contribution is 2.37. The summed E-state index contributed by atoms with van der Waals surface area (Å²) < 4.78 is 6.82. The van der Waals surface area contributed by atoms with E-state index in [-0.39, 0.29) is 11.4 Å². The van der Waals surface area contributed by atoms with Gasteiger partial charge in [-0.1, -0.05) is 0 Å². The molecule has 3 heterocycles. The fourth-order valence-corrected chi connectivity index (χ4v) is 3.87. The number of hydrogen-bond donors (Lipinski definition) is 0. The Morgan fingerprint density at radius 1 is 1.36 bits per heavy atom. The molecular formula is C15H25N5O2. The molecule has 2 aliphatic rings. The number of hydrogen-bond acceptors (Lipinski definition) is 5. The number of nitrogens with zero attached hydrogens (tertiary/aromatic N) is 5. The lowest BCUT2D eigenvalue weighted by Crippen LogP contribution is -2.57. The van der Waals surface area contributed by atoms with Crippen LogP contribution in [0.15, 0.2) is 6.33 Å². The summed E-state index contributed by atoms with van der Waals surface area (Å²) in [5, 5.41) is 4.15. The van der Waals surface area contributed by atoms with Gasteiger partial charge in [0.15, 0.2) is 0 Å². The van der Waals surface area contributed by atoms with Crippen molar-refractivity contribution in [1.82, 2.24) is 24.6 Å². The first-order chi connectivity index (χ1) is 10.6. The van der Waals surface area contributed by atoms with Gasteiger partial charge in [-0.25, -0.2) is 4.98 Å². The molecule has 122 valence electrons. The van der Waals surface area contributed by atoms with Crippen LogP contribution >= 0.6 is 0 Å². The van der Waals surface area contributed by atoms with Crippen molar-refractivity contribution in [2.45, 2.75) is 31.2 Å². The first-order valence-electron chi connectivity index (χ1n) is 8.03. The number of aryl methyl sites for hydroxylation is 1. The molecule has 7 nitrogen and oxygen atoms in total. The Morgan fingerprint density at radius 3 is 2.82 bits per heavy atom. The van der Waals surface area contributed by atoms with Gasteiger partial charge >= 0.3 is 0 Å². The van der Waals surface area contributed by atoms with E-state index in [1.165, 1.54) is 6.42 Å². The molecule has 1 amide bonds. The molecule has 2 aliphatic heterocycles. The van der Waals surface area contributed by atoms with E-state index in [0.717, 1.165) is 52.0 Å². The summed E-state index contributed by atoms with van der Waals surface area (Å²) in [6.45, 7) is 4.38. The molecule has 0 aliphatic carbocycles. The highest BCUT2D eigenvalue weighted by atomic mass is 16.5.